The van der Waals surface area contributed by atoms with Crippen molar-refractivity contribution in [3.8, 4) is 11.8 Å². The number of nitrogens with one attached hydrogen (secondary N) is 2. The van der Waals surface area contributed by atoms with E-state index in [1.807, 2.05) is 0 Å². The molecule has 1 amide bonds. The topological polar surface area (TPSA) is 133 Å². The number of aliphatic hydroxyl groups is 1. The average Bonchev–Trinajstić information content (AvgIpc) is 2.97. The fourth-order valence-corrected chi connectivity index (χ4v) is 4.76. The highest BCUT2D eigenvalue weighted by molar-refractivity contribution is 7.89. The number of nitrogens with zero attached hydrogens (tertiary/aromatic N) is 2. The third-order valence-electron chi connectivity index (χ3n) is 4.95. The summed E-state index contributed by atoms with van der Waals surface area (Å²) in [5, 5.41) is 22.1. The van der Waals surface area contributed by atoms with Crippen molar-refractivity contribution in [2.24, 2.45) is 7.05 Å². The number of halogens is 1. The minimum Gasteiger partial charge on any atom is -0.488 e. The van der Waals surface area contributed by atoms with Crippen LogP contribution in [0, 0.1) is 17.1 Å². The summed E-state index contributed by atoms with van der Waals surface area (Å²) >= 11 is 0. The van der Waals surface area contributed by atoms with Crippen LogP contribution >= 0.6 is 0 Å². The molecule has 0 spiro atoms. The molecule has 0 fully saturated rings. The number of aromatic nitrogens is 1. The molecule has 1 aromatic heterocycles. The highest BCUT2D eigenvalue weighted by atomic mass is 32.2. The summed E-state index contributed by atoms with van der Waals surface area (Å²) < 4.78 is 48.6. The molecule has 0 saturated carbocycles. The first kappa shape index (κ1) is 22.5. The number of hydrogen-bond donors (Lipinski definition) is 3. The van der Waals surface area contributed by atoms with E-state index in [0.717, 1.165) is 12.1 Å². The number of ether oxygens (including phenoxy) is 1. The maximum atomic E-state index is 13.5. The van der Waals surface area contributed by atoms with Gasteiger partial charge in [0.15, 0.2) is 11.4 Å². The number of benzene rings is 1. The van der Waals surface area contributed by atoms with Crippen molar-refractivity contribution in [2.75, 3.05) is 11.9 Å². The molecule has 0 aliphatic carbocycles. The number of amides is 1. The van der Waals surface area contributed by atoms with Gasteiger partial charge in [-0.2, -0.15) is 5.26 Å². The summed E-state index contributed by atoms with van der Waals surface area (Å²) in [6.45, 7) is 4.78. The number of sulfonamides is 1. The minimum absolute atomic E-state index is 0.0905. The van der Waals surface area contributed by atoms with Gasteiger partial charge in [0.2, 0.25) is 10.0 Å². The van der Waals surface area contributed by atoms with E-state index in [1.165, 1.54) is 36.9 Å². The molecule has 3 rings (SSSR count). The summed E-state index contributed by atoms with van der Waals surface area (Å²) in [6, 6.07) is 4.17. The second-order valence-corrected chi connectivity index (χ2v) is 9.06. The number of hydrogen-bond acceptors (Lipinski definition) is 6. The Morgan fingerprint density at radius 1 is 1.58 bits per heavy atom. The summed E-state index contributed by atoms with van der Waals surface area (Å²) in [5.41, 5.74) is -1.66. The molecular formula is C20H21FN4O5S. The van der Waals surface area contributed by atoms with Crippen LogP contribution in [0.15, 0.2) is 41.9 Å². The van der Waals surface area contributed by atoms with Gasteiger partial charge < -0.3 is 19.7 Å². The zero-order valence-electron chi connectivity index (χ0n) is 16.8. The van der Waals surface area contributed by atoms with Crippen molar-refractivity contribution >= 4 is 21.6 Å². The Balaban J connectivity index is 1.97. The fraction of sp³-hybridized carbons (Fsp3) is 0.300. The zero-order valence-corrected chi connectivity index (χ0v) is 17.7. The van der Waals surface area contributed by atoms with Crippen LogP contribution in [0.25, 0.3) is 0 Å². The monoisotopic (exact) mass is 448 g/mol. The van der Waals surface area contributed by atoms with Crippen LogP contribution in [0.5, 0.6) is 5.75 Å². The number of aryl methyl sites for hydroxylation is 1. The zero-order chi connectivity index (χ0) is 23.0. The molecule has 31 heavy (non-hydrogen) atoms. The number of carbonyl (C=O) groups excluding carboxylic acids is 1. The van der Waals surface area contributed by atoms with E-state index in [2.05, 4.69) is 16.6 Å². The van der Waals surface area contributed by atoms with Gasteiger partial charge in [0.1, 0.15) is 23.4 Å². The number of rotatable bonds is 5. The van der Waals surface area contributed by atoms with Crippen molar-refractivity contribution < 1.29 is 27.4 Å². The maximum absolute atomic E-state index is 13.5. The number of carbonyl (C=O) groups is 1. The predicted octanol–water partition coefficient (Wildman–Crippen LogP) is 1.65. The third-order valence-corrected chi connectivity index (χ3v) is 6.42. The third kappa shape index (κ3) is 4.32. The first-order valence-corrected chi connectivity index (χ1v) is 10.7. The normalized spacial score (nSPS) is 19.1. The van der Waals surface area contributed by atoms with Crippen LogP contribution in [0.4, 0.5) is 10.1 Å². The Kier molecular flexibility index (Phi) is 5.91. The lowest BCUT2D eigenvalue weighted by Gasteiger charge is -2.30. The molecule has 1 aromatic carbocycles. The molecule has 1 aliphatic heterocycles. The van der Waals surface area contributed by atoms with E-state index in [9.17, 15) is 22.7 Å². The van der Waals surface area contributed by atoms with Crippen LogP contribution in [0.1, 0.15) is 29.4 Å². The van der Waals surface area contributed by atoms with Crippen LogP contribution < -0.4 is 14.8 Å². The molecule has 0 bridgehead atoms. The molecule has 2 heterocycles. The summed E-state index contributed by atoms with van der Waals surface area (Å²) in [4.78, 5) is 12.6. The van der Waals surface area contributed by atoms with Gasteiger partial charge in [0.05, 0.1) is 17.2 Å². The van der Waals surface area contributed by atoms with E-state index in [4.69, 9.17) is 10.00 Å². The maximum Gasteiger partial charge on any atom is 0.276 e. The van der Waals surface area contributed by atoms with E-state index in [-0.39, 0.29) is 40.6 Å². The highest BCUT2D eigenvalue weighted by Crippen LogP contribution is 2.34. The van der Waals surface area contributed by atoms with Crippen molar-refractivity contribution in [1.29, 1.82) is 5.26 Å². The van der Waals surface area contributed by atoms with Crippen molar-refractivity contribution in [2.45, 2.75) is 29.9 Å². The summed E-state index contributed by atoms with van der Waals surface area (Å²) in [7, 11) is -2.64. The van der Waals surface area contributed by atoms with Gasteiger partial charge in [0.25, 0.3) is 5.91 Å². The smallest absolute Gasteiger partial charge is 0.276 e. The molecule has 11 heteroatoms. The molecular weight excluding hydrogens is 427 g/mol. The van der Waals surface area contributed by atoms with Crippen LogP contribution in [-0.4, -0.2) is 42.2 Å². The van der Waals surface area contributed by atoms with E-state index in [1.54, 1.807) is 6.07 Å². The van der Waals surface area contributed by atoms with Crippen LogP contribution in [-0.2, 0) is 17.1 Å². The lowest BCUT2D eigenvalue weighted by Crippen LogP contribution is -2.52. The first-order chi connectivity index (χ1) is 14.5. The van der Waals surface area contributed by atoms with E-state index >= 15 is 0 Å². The molecule has 9 nitrogen and oxygen atoms in total. The lowest BCUT2D eigenvalue weighted by atomic mass is 9.94. The van der Waals surface area contributed by atoms with Crippen LogP contribution in [0.3, 0.4) is 0 Å². The molecule has 0 radical (unpaired) electrons. The number of fused-ring (bicyclic) bond motifs is 1. The number of nitriles is 1. The average molecular weight is 448 g/mol. The SMILES string of the molecule is C=CC[C@@](C)(O)[C@H]1COc2c(cn(C)c2C(=O)Nc2ccc(F)c(C#N)c2)S(=O)(=O)N1. The quantitative estimate of drug-likeness (QED) is 0.596. The van der Waals surface area contributed by atoms with Gasteiger partial charge in [0, 0.05) is 18.9 Å². The standard InChI is InChI=1S/C20H21FN4O5S/c1-4-7-20(2,27)16-11-30-18-15(31(28,29)24-16)10-25(3)17(18)19(26)23-13-5-6-14(21)12(8-13)9-22/h4-6,8,10,16,24,27H,1,7,11H2,2-3H3,(H,23,26)/t16-,20-/m1/s1. The summed E-state index contributed by atoms with van der Waals surface area (Å²) in [5.74, 6) is -1.62. The van der Waals surface area contributed by atoms with Crippen molar-refractivity contribution in [3.05, 3.63) is 54.1 Å². The number of anilines is 1. The van der Waals surface area contributed by atoms with E-state index in [0.29, 0.717) is 0 Å². The minimum atomic E-state index is -4.12. The molecule has 2 atom stereocenters. The summed E-state index contributed by atoms with van der Waals surface area (Å²) in [6.07, 6.45) is 2.80. The Labute approximate surface area is 178 Å². The van der Waals surface area contributed by atoms with Gasteiger partial charge in [-0.25, -0.2) is 17.5 Å². The first-order valence-electron chi connectivity index (χ1n) is 9.19. The molecule has 0 unspecified atom stereocenters. The largest absolute Gasteiger partial charge is 0.488 e. The van der Waals surface area contributed by atoms with Crippen LogP contribution in [0.2, 0.25) is 0 Å². The van der Waals surface area contributed by atoms with Crippen molar-refractivity contribution in [1.82, 2.24) is 9.29 Å². The van der Waals surface area contributed by atoms with Gasteiger partial charge >= 0.3 is 0 Å². The molecule has 3 N–H and O–H groups in total. The second kappa shape index (κ2) is 8.14. The molecule has 164 valence electrons. The predicted molar refractivity (Wildman–Crippen MR) is 110 cm³/mol. The highest BCUT2D eigenvalue weighted by Gasteiger charge is 2.41. The molecule has 0 saturated heterocycles. The molecule has 1 aliphatic rings. The Morgan fingerprint density at radius 2 is 2.29 bits per heavy atom. The fourth-order valence-electron chi connectivity index (χ4n) is 3.24. The Bertz CT molecular complexity index is 1200. The Morgan fingerprint density at radius 3 is 2.94 bits per heavy atom. The lowest BCUT2D eigenvalue weighted by molar-refractivity contribution is 0.0143. The van der Waals surface area contributed by atoms with Gasteiger partial charge in [-0.15, -0.1) is 6.58 Å². The molecule has 2 aromatic rings. The van der Waals surface area contributed by atoms with Gasteiger partial charge in [-0.3, -0.25) is 4.79 Å². The van der Waals surface area contributed by atoms with Crippen molar-refractivity contribution in [3.63, 3.8) is 0 Å². The van der Waals surface area contributed by atoms with Gasteiger partial charge in [-0.05, 0) is 31.5 Å². The Hall–Kier alpha value is -3.20. The van der Waals surface area contributed by atoms with E-state index < -0.39 is 33.4 Å². The van der Waals surface area contributed by atoms with Gasteiger partial charge in [-0.1, -0.05) is 6.08 Å². The second-order valence-electron chi connectivity index (χ2n) is 7.38.